The fraction of sp³-hybridized carbons (Fsp3) is 0.263. The SMILES string of the molecule is Cc1ccc(S(=O)(=O)N(C)C(C)c2ccc(-n3cncn3)cc2)c(C)c1. The van der Waals surface area contributed by atoms with Crippen LogP contribution in [0.15, 0.2) is 60.0 Å². The monoisotopic (exact) mass is 370 g/mol. The molecule has 0 spiro atoms. The van der Waals surface area contributed by atoms with Gasteiger partial charge in [0.15, 0.2) is 0 Å². The first-order valence-electron chi connectivity index (χ1n) is 8.31. The molecule has 3 rings (SSSR count). The molecular weight excluding hydrogens is 348 g/mol. The zero-order valence-electron chi connectivity index (χ0n) is 15.3. The number of hydrogen-bond donors (Lipinski definition) is 0. The molecule has 2 aromatic carbocycles. The Balaban J connectivity index is 1.87. The van der Waals surface area contributed by atoms with Gasteiger partial charge in [-0.25, -0.2) is 18.1 Å². The van der Waals surface area contributed by atoms with Crippen LogP contribution in [0, 0.1) is 13.8 Å². The van der Waals surface area contributed by atoms with Crippen LogP contribution in [0.5, 0.6) is 0 Å². The molecule has 0 aliphatic rings. The van der Waals surface area contributed by atoms with E-state index in [-0.39, 0.29) is 6.04 Å². The highest BCUT2D eigenvalue weighted by Gasteiger charge is 2.27. The van der Waals surface area contributed by atoms with Crippen molar-refractivity contribution in [2.45, 2.75) is 31.7 Å². The standard InChI is InChI=1S/C19H22N4O2S/c1-14-5-10-19(15(2)11-14)26(24,25)22(4)16(3)17-6-8-18(9-7-17)23-13-20-12-21-23/h5-13,16H,1-4H3. The third-order valence-electron chi connectivity index (χ3n) is 4.59. The Bertz CT molecular complexity index is 997. The summed E-state index contributed by atoms with van der Waals surface area (Å²) in [5.74, 6) is 0. The fourth-order valence-electron chi connectivity index (χ4n) is 2.91. The molecule has 1 atom stereocenters. The predicted octanol–water partition coefficient (Wildman–Crippen LogP) is 3.27. The summed E-state index contributed by atoms with van der Waals surface area (Å²) in [6.07, 6.45) is 3.09. The number of benzene rings is 2. The van der Waals surface area contributed by atoms with Crippen molar-refractivity contribution in [1.82, 2.24) is 19.1 Å². The second kappa shape index (κ2) is 7.01. The molecule has 1 unspecified atom stereocenters. The first kappa shape index (κ1) is 18.3. The maximum Gasteiger partial charge on any atom is 0.243 e. The molecule has 26 heavy (non-hydrogen) atoms. The number of aromatic nitrogens is 3. The minimum absolute atomic E-state index is 0.300. The lowest BCUT2D eigenvalue weighted by Gasteiger charge is -2.25. The van der Waals surface area contributed by atoms with Crippen LogP contribution in [0.1, 0.15) is 29.7 Å². The molecule has 136 valence electrons. The first-order chi connectivity index (χ1) is 12.3. The van der Waals surface area contributed by atoms with Gasteiger partial charge in [0.1, 0.15) is 12.7 Å². The van der Waals surface area contributed by atoms with E-state index < -0.39 is 10.0 Å². The summed E-state index contributed by atoms with van der Waals surface area (Å²) in [6, 6.07) is 12.7. The Kier molecular flexibility index (Phi) is 4.93. The molecule has 0 N–H and O–H groups in total. The van der Waals surface area contributed by atoms with Gasteiger partial charge in [0.2, 0.25) is 10.0 Å². The van der Waals surface area contributed by atoms with E-state index in [0.717, 1.165) is 22.4 Å². The third-order valence-corrected chi connectivity index (χ3v) is 6.68. The zero-order chi connectivity index (χ0) is 18.9. The van der Waals surface area contributed by atoms with Gasteiger partial charge in [-0.1, -0.05) is 29.8 Å². The van der Waals surface area contributed by atoms with Crippen LogP contribution in [0.3, 0.4) is 0 Å². The molecule has 0 bridgehead atoms. The summed E-state index contributed by atoms with van der Waals surface area (Å²) in [5, 5.41) is 4.09. The van der Waals surface area contributed by atoms with Crippen molar-refractivity contribution in [1.29, 1.82) is 0 Å². The summed E-state index contributed by atoms with van der Waals surface area (Å²) in [4.78, 5) is 4.27. The van der Waals surface area contributed by atoms with Crippen molar-refractivity contribution in [3.8, 4) is 5.69 Å². The molecule has 0 amide bonds. The number of sulfonamides is 1. The Morgan fingerprint density at radius 2 is 1.77 bits per heavy atom. The highest BCUT2D eigenvalue weighted by molar-refractivity contribution is 7.89. The van der Waals surface area contributed by atoms with E-state index in [1.807, 2.05) is 57.2 Å². The molecule has 7 heteroatoms. The smallest absolute Gasteiger partial charge is 0.223 e. The van der Waals surface area contributed by atoms with Crippen molar-refractivity contribution in [2.24, 2.45) is 0 Å². The lowest BCUT2D eigenvalue weighted by Crippen LogP contribution is -2.30. The fourth-order valence-corrected chi connectivity index (χ4v) is 4.46. The van der Waals surface area contributed by atoms with E-state index in [1.165, 1.54) is 10.6 Å². The van der Waals surface area contributed by atoms with Crippen LogP contribution >= 0.6 is 0 Å². The molecule has 0 aliphatic heterocycles. The summed E-state index contributed by atoms with van der Waals surface area (Å²) in [5.41, 5.74) is 3.58. The van der Waals surface area contributed by atoms with Crippen LogP contribution in [0.25, 0.3) is 5.69 Å². The van der Waals surface area contributed by atoms with Crippen molar-refractivity contribution in [3.63, 3.8) is 0 Å². The molecule has 0 radical (unpaired) electrons. The average molecular weight is 370 g/mol. The van der Waals surface area contributed by atoms with Gasteiger partial charge >= 0.3 is 0 Å². The molecule has 0 saturated heterocycles. The normalized spacial score (nSPS) is 13.1. The van der Waals surface area contributed by atoms with Crippen molar-refractivity contribution in [2.75, 3.05) is 7.05 Å². The minimum atomic E-state index is -3.58. The van der Waals surface area contributed by atoms with Crippen LogP contribution < -0.4 is 0 Å². The number of aryl methyl sites for hydroxylation is 2. The van der Waals surface area contributed by atoms with E-state index in [1.54, 1.807) is 24.1 Å². The van der Waals surface area contributed by atoms with E-state index in [4.69, 9.17) is 0 Å². The number of rotatable bonds is 5. The molecular formula is C19H22N4O2S. The zero-order valence-corrected chi connectivity index (χ0v) is 16.1. The molecule has 0 fully saturated rings. The molecule has 6 nitrogen and oxygen atoms in total. The maximum absolute atomic E-state index is 13.0. The van der Waals surface area contributed by atoms with Crippen molar-refractivity contribution < 1.29 is 8.42 Å². The van der Waals surface area contributed by atoms with Crippen molar-refractivity contribution >= 4 is 10.0 Å². The summed E-state index contributed by atoms with van der Waals surface area (Å²) < 4.78 is 29.1. The van der Waals surface area contributed by atoms with Crippen LogP contribution in [0.2, 0.25) is 0 Å². The van der Waals surface area contributed by atoms with E-state index in [2.05, 4.69) is 10.1 Å². The Hall–Kier alpha value is -2.51. The second-order valence-corrected chi connectivity index (χ2v) is 8.36. The van der Waals surface area contributed by atoms with E-state index >= 15 is 0 Å². The average Bonchev–Trinajstić information content (AvgIpc) is 3.15. The summed E-state index contributed by atoms with van der Waals surface area (Å²) >= 11 is 0. The largest absolute Gasteiger partial charge is 0.243 e. The van der Waals surface area contributed by atoms with Gasteiger partial charge in [-0.15, -0.1) is 0 Å². The quantitative estimate of drug-likeness (QED) is 0.691. The van der Waals surface area contributed by atoms with Gasteiger partial charge in [0, 0.05) is 13.1 Å². The van der Waals surface area contributed by atoms with Crippen LogP contribution in [-0.4, -0.2) is 34.5 Å². The number of hydrogen-bond acceptors (Lipinski definition) is 4. The predicted molar refractivity (Wildman–Crippen MR) is 101 cm³/mol. The highest BCUT2D eigenvalue weighted by Crippen LogP contribution is 2.28. The Morgan fingerprint density at radius 1 is 1.08 bits per heavy atom. The lowest BCUT2D eigenvalue weighted by molar-refractivity contribution is 0.398. The summed E-state index contributed by atoms with van der Waals surface area (Å²) in [6.45, 7) is 5.66. The van der Waals surface area contributed by atoms with E-state index in [0.29, 0.717) is 4.90 Å². The Labute approximate surface area is 154 Å². The molecule has 3 aromatic rings. The second-order valence-electron chi connectivity index (χ2n) is 6.40. The molecule has 1 aromatic heterocycles. The van der Waals surface area contributed by atoms with Gasteiger partial charge in [0.25, 0.3) is 0 Å². The van der Waals surface area contributed by atoms with Gasteiger partial charge in [-0.3, -0.25) is 0 Å². The van der Waals surface area contributed by atoms with Crippen molar-refractivity contribution in [3.05, 3.63) is 71.8 Å². The maximum atomic E-state index is 13.0. The van der Waals surface area contributed by atoms with Crippen LogP contribution in [0.4, 0.5) is 0 Å². The molecule has 0 saturated carbocycles. The molecule has 0 aliphatic carbocycles. The summed E-state index contributed by atoms with van der Waals surface area (Å²) in [7, 11) is -1.97. The topological polar surface area (TPSA) is 68.1 Å². The van der Waals surface area contributed by atoms with Gasteiger partial charge < -0.3 is 0 Å². The highest BCUT2D eigenvalue weighted by atomic mass is 32.2. The first-order valence-corrected chi connectivity index (χ1v) is 9.75. The number of nitrogens with zero attached hydrogens (tertiary/aromatic N) is 4. The Morgan fingerprint density at radius 3 is 2.35 bits per heavy atom. The third kappa shape index (κ3) is 3.40. The minimum Gasteiger partial charge on any atom is -0.223 e. The molecule has 1 heterocycles. The van der Waals surface area contributed by atoms with Crippen LogP contribution in [-0.2, 0) is 10.0 Å². The van der Waals surface area contributed by atoms with Gasteiger partial charge in [-0.2, -0.15) is 9.40 Å². The van der Waals surface area contributed by atoms with E-state index in [9.17, 15) is 8.42 Å². The lowest BCUT2D eigenvalue weighted by atomic mass is 10.1. The van der Waals surface area contributed by atoms with Gasteiger partial charge in [0.05, 0.1) is 10.6 Å². The van der Waals surface area contributed by atoms with Gasteiger partial charge in [-0.05, 0) is 50.1 Å².